The number of nitrogens with one attached hydrogen (secondary N) is 2. The number of rotatable bonds is 4. The minimum Gasteiger partial charge on any atom is -0.477 e. The van der Waals surface area contributed by atoms with Crippen molar-refractivity contribution >= 4 is 17.9 Å². The number of carbonyl (C=O) groups is 3. The van der Waals surface area contributed by atoms with Gasteiger partial charge in [-0.3, -0.25) is 4.79 Å². The Balaban J connectivity index is 1.46. The molecule has 1 aliphatic carbocycles. The van der Waals surface area contributed by atoms with E-state index in [1.165, 1.54) is 37.6 Å². The zero-order chi connectivity index (χ0) is 19.2. The molecule has 2 heterocycles. The van der Waals surface area contributed by atoms with Crippen molar-refractivity contribution < 1.29 is 19.5 Å². The summed E-state index contributed by atoms with van der Waals surface area (Å²) in [5.41, 5.74) is 0.181. The number of amides is 3. The lowest BCUT2D eigenvalue weighted by atomic mass is 9.96. The topological polar surface area (TPSA) is 112 Å². The molecule has 0 bridgehead atoms. The standard InChI is InChI=1S/C19H26N4O4/c24-17(13-6-9-20-16(12-13)18(25)26)23-10-7-15(8-11-23)22-19(27)21-14-4-2-1-3-5-14/h6,9,12,14-15H,1-5,7-8,10-11H2,(H,25,26)(H2,21,22,27). The number of carboxylic acid groups (broad SMARTS) is 1. The van der Waals surface area contributed by atoms with Gasteiger partial charge < -0.3 is 20.6 Å². The predicted octanol–water partition coefficient (Wildman–Crippen LogP) is 2.02. The van der Waals surface area contributed by atoms with Crippen molar-refractivity contribution in [1.29, 1.82) is 0 Å². The molecular formula is C19H26N4O4. The monoisotopic (exact) mass is 374 g/mol. The molecule has 0 atom stereocenters. The number of piperidine rings is 1. The van der Waals surface area contributed by atoms with E-state index in [9.17, 15) is 14.4 Å². The summed E-state index contributed by atoms with van der Waals surface area (Å²) in [5, 5.41) is 15.1. The van der Waals surface area contributed by atoms with Crippen LogP contribution in [0.1, 0.15) is 65.8 Å². The highest BCUT2D eigenvalue weighted by molar-refractivity contribution is 5.96. The summed E-state index contributed by atoms with van der Waals surface area (Å²) in [6.45, 7) is 1.05. The van der Waals surface area contributed by atoms with Crippen LogP contribution in [0.3, 0.4) is 0 Å². The molecule has 0 radical (unpaired) electrons. The molecule has 0 aromatic carbocycles. The maximum absolute atomic E-state index is 12.6. The second-order valence-corrected chi connectivity index (χ2v) is 7.25. The van der Waals surface area contributed by atoms with Crippen molar-refractivity contribution in [2.45, 2.75) is 57.0 Å². The van der Waals surface area contributed by atoms with Gasteiger partial charge in [-0.15, -0.1) is 0 Å². The van der Waals surface area contributed by atoms with Gasteiger partial charge in [-0.2, -0.15) is 0 Å². The maximum atomic E-state index is 12.6. The fourth-order valence-corrected chi connectivity index (χ4v) is 3.75. The number of aromatic nitrogens is 1. The van der Waals surface area contributed by atoms with Gasteiger partial charge in [0.2, 0.25) is 0 Å². The lowest BCUT2D eigenvalue weighted by Crippen LogP contribution is -2.51. The Labute approximate surface area is 158 Å². The normalized spacial score (nSPS) is 18.7. The molecule has 27 heavy (non-hydrogen) atoms. The molecule has 1 aromatic heterocycles. The highest BCUT2D eigenvalue weighted by Crippen LogP contribution is 2.18. The van der Waals surface area contributed by atoms with Crippen molar-refractivity contribution in [1.82, 2.24) is 20.5 Å². The van der Waals surface area contributed by atoms with E-state index >= 15 is 0 Å². The summed E-state index contributed by atoms with van der Waals surface area (Å²) in [6.07, 6.45) is 8.38. The van der Waals surface area contributed by atoms with E-state index in [0.29, 0.717) is 31.5 Å². The fraction of sp³-hybridized carbons (Fsp3) is 0.579. The smallest absolute Gasteiger partial charge is 0.354 e. The summed E-state index contributed by atoms with van der Waals surface area (Å²) in [6, 6.07) is 3.02. The van der Waals surface area contributed by atoms with E-state index in [-0.39, 0.29) is 29.7 Å². The zero-order valence-electron chi connectivity index (χ0n) is 15.3. The second-order valence-electron chi connectivity index (χ2n) is 7.25. The average molecular weight is 374 g/mol. The molecule has 3 rings (SSSR count). The minimum atomic E-state index is -1.16. The Bertz CT molecular complexity index is 695. The molecule has 3 amide bonds. The molecule has 2 aliphatic rings. The number of nitrogens with zero attached hydrogens (tertiary/aromatic N) is 2. The van der Waals surface area contributed by atoms with Crippen LogP contribution < -0.4 is 10.6 Å². The lowest BCUT2D eigenvalue weighted by Gasteiger charge is -2.33. The number of carboxylic acids is 1. The van der Waals surface area contributed by atoms with Crippen LogP contribution in [0.4, 0.5) is 4.79 Å². The van der Waals surface area contributed by atoms with Crippen molar-refractivity contribution in [3.63, 3.8) is 0 Å². The summed E-state index contributed by atoms with van der Waals surface area (Å²) < 4.78 is 0. The lowest BCUT2D eigenvalue weighted by molar-refractivity contribution is 0.0690. The van der Waals surface area contributed by atoms with Crippen LogP contribution in [0.15, 0.2) is 18.3 Å². The summed E-state index contributed by atoms with van der Waals surface area (Å²) in [7, 11) is 0. The van der Waals surface area contributed by atoms with E-state index < -0.39 is 5.97 Å². The summed E-state index contributed by atoms with van der Waals surface area (Å²) >= 11 is 0. The molecule has 1 aliphatic heterocycles. The third-order valence-electron chi connectivity index (χ3n) is 5.28. The number of hydrogen-bond donors (Lipinski definition) is 3. The van der Waals surface area contributed by atoms with Crippen molar-refractivity contribution in [2.24, 2.45) is 0 Å². The largest absolute Gasteiger partial charge is 0.477 e. The van der Waals surface area contributed by atoms with Crippen LogP contribution in [-0.4, -0.2) is 58.1 Å². The molecule has 146 valence electrons. The number of likely N-dealkylation sites (tertiary alicyclic amines) is 1. The Hall–Kier alpha value is -2.64. The van der Waals surface area contributed by atoms with Crippen molar-refractivity contribution in [3.05, 3.63) is 29.6 Å². The van der Waals surface area contributed by atoms with E-state index in [4.69, 9.17) is 5.11 Å². The number of hydrogen-bond acceptors (Lipinski definition) is 4. The number of carbonyl (C=O) groups excluding carboxylic acids is 2. The van der Waals surface area contributed by atoms with Gasteiger partial charge >= 0.3 is 12.0 Å². The molecule has 8 heteroatoms. The maximum Gasteiger partial charge on any atom is 0.354 e. The van der Waals surface area contributed by atoms with Crippen molar-refractivity contribution in [3.8, 4) is 0 Å². The zero-order valence-corrected chi connectivity index (χ0v) is 15.3. The van der Waals surface area contributed by atoms with Gasteiger partial charge in [-0.05, 0) is 37.8 Å². The fourth-order valence-electron chi connectivity index (χ4n) is 3.75. The van der Waals surface area contributed by atoms with Gasteiger partial charge in [0.15, 0.2) is 0 Å². The Kier molecular flexibility index (Phi) is 6.26. The van der Waals surface area contributed by atoms with Gasteiger partial charge in [0.05, 0.1) is 0 Å². The molecule has 2 fully saturated rings. The van der Waals surface area contributed by atoms with Crippen LogP contribution in [-0.2, 0) is 0 Å². The average Bonchev–Trinajstić information content (AvgIpc) is 2.69. The van der Waals surface area contributed by atoms with Crippen LogP contribution in [0, 0.1) is 0 Å². The van der Waals surface area contributed by atoms with Gasteiger partial charge in [0, 0.05) is 36.9 Å². The molecule has 1 aromatic rings. The molecular weight excluding hydrogens is 348 g/mol. The number of aromatic carboxylic acids is 1. The molecule has 8 nitrogen and oxygen atoms in total. The predicted molar refractivity (Wildman–Crippen MR) is 98.7 cm³/mol. The second kappa shape index (κ2) is 8.83. The quantitative estimate of drug-likeness (QED) is 0.746. The first-order valence-electron chi connectivity index (χ1n) is 9.58. The minimum absolute atomic E-state index is 0.0460. The van der Waals surface area contributed by atoms with Gasteiger partial charge in [-0.25, -0.2) is 14.6 Å². The van der Waals surface area contributed by atoms with Gasteiger partial charge in [0.25, 0.3) is 5.91 Å². The first kappa shape index (κ1) is 19.1. The van der Waals surface area contributed by atoms with E-state index in [2.05, 4.69) is 15.6 Å². The number of urea groups is 1. The molecule has 0 unspecified atom stereocenters. The SMILES string of the molecule is O=C(NC1CCCCC1)NC1CCN(C(=O)c2ccnc(C(=O)O)c2)CC1. The Morgan fingerprint density at radius 3 is 2.26 bits per heavy atom. The summed E-state index contributed by atoms with van der Waals surface area (Å²) in [5.74, 6) is -1.36. The van der Waals surface area contributed by atoms with Gasteiger partial charge in [-0.1, -0.05) is 19.3 Å². The highest BCUT2D eigenvalue weighted by Gasteiger charge is 2.26. The first-order valence-corrected chi connectivity index (χ1v) is 9.58. The van der Waals surface area contributed by atoms with Crippen LogP contribution in [0.25, 0.3) is 0 Å². The Morgan fingerprint density at radius 1 is 1.00 bits per heavy atom. The molecule has 3 N–H and O–H groups in total. The van der Waals surface area contributed by atoms with E-state index in [1.807, 2.05) is 0 Å². The van der Waals surface area contributed by atoms with E-state index in [1.54, 1.807) is 4.90 Å². The van der Waals surface area contributed by atoms with E-state index in [0.717, 1.165) is 12.8 Å². The highest BCUT2D eigenvalue weighted by atomic mass is 16.4. The van der Waals surface area contributed by atoms with Crippen LogP contribution >= 0.6 is 0 Å². The van der Waals surface area contributed by atoms with Crippen molar-refractivity contribution in [2.75, 3.05) is 13.1 Å². The van der Waals surface area contributed by atoms with Crippen LogP contribution in [0.5, 0.6) is 0 Å². The molecule has 1 saturated heterocycles. The molecule has 0 spiro atoms. The number of pyridine rings is 1. The first-order chi connectivity index (χ1) is 13.0. The summed E-state index contributed by atoms with van der Waals surface area (Å²) in [4.78, 5) is 41.2. The third kappa shape index (κ3) is 5.18. The third-order valence-corrected chi connectivity index (χ3v) is 5.28. The molecule has 1 saturated carbocycles. The van der Waals surface area contributed by atoms with Gasteiger partial charge in [0.1, 0.15) is 5.69 Å². The van der Waals surface area contributed by atoms with Crippen LogP contribution in [0.2, 0.25) is 0 Å². The Morgan fingerprint density at radius 2 is 1.63 bits per heavy atom.